The zero-order valence-corrected chi connectivity index (χ0v) is 68.9. The normalized spacial score (nSPS) is 11.0. The highest BCUT2D eigenvalue weighted by atomic mass is 15.2. The van der Waals surface area contributed by atoms with Crippen molar-refractivity contribution in [2.24, 2.45) is 0 Å². The number of fused-ring (bicyclic) bond motifs is 7. The Morgan fingerprint density at radius 3 is 0.748 bits per heavy atom. The molecule has 0 fully saturated rings. The Bertz CT molecular complexity index is 7090. The van der Waals surface area contributed by atoms with Crippen molar-refractivity contribution < 1.29 is 0 Å². The zero-order chi connectivity index (χ0) is 82.8. The second-order valence-corrected chi connectivity index (χ2v) is 31.0. The number of nitrogens with zero attached hydrogens (tertiary/aromatic N) is 6. The first-order valence-electron chi connectivity index (χ1n) is 42.0. The van der Waals surface area contributed by atoms with Gasteiger partial charge in [-0.05, 0) is 264 Å². The van der Waals surface area contributed by atoms with Crippen LogP contribution in [0.5, 0.6) is 0 Å². The standard InChI is InChI=1S/3C39H30N2/c1-40(39-37-18-10-8-14-31(37)28-32-15-9-11-19-38(32)39)33-24-26-36(27-25-33)41(34-16-6-3-7-17-34)35-22-20-30(21-23-35)29-12-4-2-5-13-29;1-40(39-28-31-14-8-9-17-36(31)37-18-10-11-19-38(37)39)32-24-26-35(27-25-32)41(33-15-6-3-7-16-33)34-22-20-30(21-23-34)29-12-4-2-5-13-29;1-40(39-21-18-33-26-31-12-8-9-13-32(31)27-34(33)28-39)35-22-24-38(25-23-35)41(36-14-6-3-7-15-36)37-19-16-30(17-20-37)29-10-4-2-5-11-29/h3*2-28H,1H3. The molecule has 0 aromatic heterocycles. The highest BCUT2D eigenvalue weighted by Crippen LogP contribution is 2.45. The van der Waals surface area contributed by atoms with Gasteiger partial charge in [0.1, 0.15) is 0 Å². The van der Waals surface area contributed by atoms with Gasteiger partial charge in [-0.25, -0.2) is 0 Å². The van der Waals surface area contributed by atoms with E-state index in [1.54, 1.807) is 0 Å². The van der Waals surface area contributed by atoms with Gasteiger partial charge < -0.3 is 29.4 Å². The molecule has 21 aromatic rings. The van der Waals surface area contributed by atoms with Gasteiger partial charge in [-0.3, -0.25) is 0 Å². The van der Waals surface area contributed by atoms with Crippen LogP contribution < -0.4 is 29.4 Å². The number of hydrogen-bond acceptors (Lipinski definition) is 6. The topological polar surface area (TPSA) is 19.4 Å². The van der Waals surface area contributed by atoms with Crippen molar-refractivity contribution in [1.82, 2.24) is 0 Å². The van der Waals surface area contributed by atoms with Gasteiger partial charge in [0.05, 0.1) is 5.69 Å². The van der Waals surface area contributed by atoms with Gasteiger partial charge in [0.2, 0.25) is 0 Å². The van der Waals surface area contributed by atoms with Gasteiger partial charge in [-0.15, -0.1) is 0 Å². The molecular formula is C117H90N6. The third-order valence-corrected chi connectivity index (χ3v) is 23.5. The van der Waals surface area contributed by atoms with Crippen molar-refractivity contribution in [2.45, 2.75) is 0 Å². The van der Waals surface area contributed by atoms with Crippen molar-refractivity contribution in [3.8, 4) is 33.4 Å². The van der Waals surface area contributed by atoms with Crippen molar-refractivity contribution in [2.75, 3.05) is 50.5 Å². The molecule has 21 rings (SSSR count). The van der Waals surface area contributed by atoms with Crippen molar-refractivity contribution in [3.63, 3.8) is 0 Å². The van der Waals surface area contributed by atoms with E-state index in [9.17, 15) is 0 Å². The minimum atomic E-state index is 1.11. The average Bonchev–Trinajstić information content (AvgIpc) is 0.765. The van der Waals surface area contributed by atoms with Crippen LogP contribution in [0.4, 0.5) is 85.3 Å². The Kier molecular flexibility index (Phi) is 22.1. The molecule has 0 aliphatic heterocycles. The minimum absolute atomic E-state index is 1.11. The van der Waals surface area contributed by atoms with E-state index in [0.29, 0.717) is 0 Å². The second kappa shape index (κ2) is 35.3. The summed E-state index contributed by atoms with van der Waals surface area (Å²) in [5.74, 6) is 0. The molecule has 0 saturated heterocycles. The predicted molar refractivity (Wildman–Crippen MR) is 528 cm³/mol. The first-order valence-corrected chi connectivity index (χ1v) is 42.0. The summed E-state index contributed by atoms with van der Waals surface area (Å²) in [5.41, 5.74) is 24.4. The van der Waals surface area contributed by atoms with E-state index < -0.39 is 0 Å². The molecule has 0 saturated carbocycles. The van der Waals surface area contributed by atoms with Gasteiger partial charge in [0.25, 0.3) is 0 Å². The molecule has 6 nitrogen and oxygen atoms in total. The summed E-state index contributed by atoms with van der Waals surface area (Å²) < 4.78 is 0. The lowest BCUT2D eigenvalue weighted by molar-refractivity contribution is 1.21. The molecule has 0 unspecified atom stereocenters. The molecule has 6 heteroatoms. The van der Waals surface area contributed by atoms with E-state index in [0.717, 1.165) is 73.9 Å². The molecule has 0 amide bonds. The maximum absolute atomic E-state index is 2.32. The molecule has 0 aliphatic carbocycles. The van der Waals surface area contributed by atoms with Crippen LogP contribution in [0.1, 0.15) is 0 Å². The number of anilines is 15. The molecule has 0 heterocycles. The van der Waals surface area contributed by atoms with E-state index in [1.165, 1.54) is 109 Å². The SMILES string of the molecule is CN(c1ccc(N(c2ccccc2)c2ccc(-c3ccccc3)cc2)cc1)c1c2ccccc2cc2ccccc12.CN(c1ccc(N(c2ccccc2)c2ccc(-c3ccccc3)cc2)cc1)c1cc2ccccc2c2ccccc12.CN(c1ccc(N(c2ccccc2)c2ccc(-c3ccccc3)cc2)cc1)c1ccc2cc3ccccc3cc2c1. The molecule has 0 atom stereocenters. The molecule has 123 heavy (non-hydrogen) atoms. The first kappa shape index (κ1) is 76.9. The van der Waals surface area contributed by atoms with E-state index in [2.05, 4.69) is 542 Å². The quantitative estimate of drug-likeness (QED) is 0.0625. The fourth-order valence-corrected chi connectivity index (χ4v) is 17.1. The average molecular weight is 1580 g/mol. The monoisotopic (exact) mass is 1580 g/mol. The summed E-state index contributed by atoms with van der Waals surface area (Å²) in [6.07, 6.45) is 0. The zero-order valence-electron chi connectivity index (χ0n) is 68.9. The summed E-state index contributed by atoms with van der Waals surface area (Å²) in [5, 5.41) is 15.1. The summed E-state index contributed by atoms with van der Waals surface area (Å²) in [6, 6.07) is 175. The van der Waals surface area contributed by atoms with Crippen LogP contribution in [0.25, 0.3) is 98.0 Å². The van der Waals surface area contributed by atoms with Crippen LogP contribution >= 0.6 is 0 Å². The molecule has 0 spiro atoms. The van der Waals surface area contributed by atoms with Gasteiger partial charge in [0, 0.05) is 117 Å². The van der Waals surface area contributed by atoms with Crippen molar-refractivity contribution in [1.29, 1.82) is 0 Å². The highest BCUT2D eigenvalue weighted by Gasteiger charge is 2.21. The maximum atomic E-state index is 2.32. The van der Waals surface area contributed by atoms with Crippen LogP contribution in [-0.2, 0) is 0 Å². The Morgan fingerprint density at radius 2 is 0.366 bits per heavy atom. The van der Waals surface area contributed by atoms with Crippen LogP contribution in [0.2, 0.25) is 0 Å². The summed E-state index contributed by atoms with van der Waals surface area (Å²) in [6.45, 7) is 0. The van der Waals surface area contributed by atoms with E-state index in [1.807, 2.05) is 0 Å². The summed E-state index contributed by atoms with van der Waals surface area (Å²) in [7, 11) is 6.46. The molecular weight excluding hydrogens is 1490 g/mol. The van der Waals surface area contributed by atoms with Crippen LogP contribution in [-0.4, -0.2) is 21.1 Å². The lowest BCUT2D eigenvalue weighted by atomic mass is 9.99. The lowest BCUT2D eigenvalue weighted by Gasteiger charge is -2.27. The molecule has 0 bridgehead atoms. The van der Waals surface area contributed by atoms with Crippen molar-refractivity contribution >= 4 is 150 Å². The van der Waals surface area contributed by atoms with Crippen LogP contribution in [0.3, 0.4) is 0 Å². The van der Waals surface area contributed by atoms with E-state index >= 15 is 0 Å². The van der Waals surface area contributed by atoms with Crippen LogP contribution in [0.15, 0.2) is 491 Å². The lowest BCUT2D eigenvalue weighted by Crippen LogP contribution is -2.12. The van der Waals surface area contributed by atoms with Gasteiger partial charge in [-0.2, -0.15) is 0 Å². The van der Waals surface area contributed by atoms with Gasteiger partial charge in [-0.1, -0.05) is 309 Å². The smallest absolute Gasteiger partial charge is 0.0567 e. The molecule has 588 valence electrons. The first-order chi connectivity index (χ1) is 60.7. The second-order valence-electron chi connectivity index (χ2n) is 31.0. The van der Waals surface area contributed by atoms with Crippen molar-refractivity contribution in [3.05, 3.63) is 491 Å². The summed E-state index contributed by atoms with van der Waals surface area (Å²) in [4.78, 5) is 13.8. The van der Waals surface area contributed by atoms with Gasteiger partial charge >= 0.3 is 0 Å². The Hall–Kier alpha value is -16.0. The van der Waals surface area contributed by atoms with E-state index in [4.69, 9.17) is 0 Å². The fourth-order valence-electron chi connectivity index (χ4n) is 17.1. The number of hydrogen-bond donors (Lipinski definition) is 0. The molecule has 0 aliphatic rings. The number of para-hydroxylation sites is 3. The Labute approximate surface area is 720 Å². The molecule has 0 radical (unpaired) electrons. The third-order valence-electron chi connectivity index (χ3n) is 23.5. The number of rotatable bonds is 18. The minimum Gasteiger partial charge on any atom is -0.345 e. The van der Waals surface area contributed by atoms with Gasteiger partial charge in [0.15, 0.2) is 0 Å². The van der Waals surface area contributed by atoms with E-state index in [-0.39, 0.29) is 0 Å². The highest BCUT2D eigenvalue weighted by molar-refractivity contribution is 6.15. The molecule has 0 N–H and O–H groups in total. The summed E-state index contributed by atoms with van der Waals surface area (Å²) >= 11 is 0. The number of benzene rings is 21. The maximum Gasteiger partial charge on any atom is 0.0567 e. The Morgan fingerprint density at radius 1 is 0.130 bits per heavy atom. The Balaban J connectivity index is 0.000000121. The fraction of sp³-hybridized carbons (Fsp3) is 0.0256. The van der Waals surface area contributed by atoms with Crippen LogP contribution in [0, 0.1) is 0 Å². The predicted octanol–water partition coefficient (Wildman–Crippen LogP) is 32.7. The largest absolute Gasteiger partial charge is 0.345 e. The molecule has 21 aromatic carbocycles. The third kappa shape index (κ3) is 16.4.